The van der Waals surface area contributed by atoms with Crippen molar-refractivity contribution in [3.63, 3.8) is 0 Å². The Morgan fingerprint density at radius 2 is 0.484 bits per heavy atom. The third-order valence-electron chi connectivity index (χ3n) is 14.2. The van der Waals surface area contributed by atoms with E-state index < -0.39 is 23.7 Å². The lowest BCUT2D eigenvalue weighted by molar-refractivity contribution is 0.162. The Balaban J connectivity index is 2.00. The average Bonchev–Trinajstić information content (AvgIpc) is 3.19. The number of phenols is 8. The lowest BCUT2D eigenvalue weighted by Crippen LogP contribution is -2.36. The van der Waals surface area contributed by atoms with E-state index in [1.165, 1.54) is 6.07 Å². The molecule has 0 saturated carbocycles. The SMILES string of the molecule is CC1c2cc(c(O)cc2O)C(C)c2cc(c(O)c(CN(C(C)C)C(C)C)c2O)C(C)c2cc(c(O)c(CN(C(C)C)C(C)C)c2O)C(C)c2cc1c(O)c(CN(C(C)C)C(C)C)c2O. The summed E-state index contributed by atoms with van der Waals surface area (Å²) in [5.41, 5.74) is 4.26. The summed E-state index contributed by atoms with van der Waals surface area (Å²) in [6, 6.07) is 8.49. The zero-order valence-electron chi connectivity index (χ0n) is 41.2. The summed E-state index contributed by atoms with van der Waals surface area (Å²) in [4.78, 5) is 6.49. The van der Waals surface area contributed by atoms with Crippen molar-refractivity contribution in [2.24, 2.45) is 0 Å². The van der Waals surface area contributed by atoms with E-state index in [4.69, 9.17) is 0 Å². The zero-order chi connectivity index (χ0) is 48.1. The fourth-order valence-electron chi connectivity index (χ4n) is 10.1. The van der Waals surface area contributed by atoms with Crippen LogP contribution < -0.4 is 0 Å². The van der Waals surface area contributed by atoms with Gasteiger partial charge >= 0.3 is 0 Å². The lowest BCUT2D eigenvalue weighted by atomic mass is 9.78. The maximum Gasteiger partial charge on any atom is 0.127 e. The molecule has 8 bridgehead atoms. The molecular weight excluding hydrogens is 807 g/mol. The Labute approximate surface area is 382 Å². The van der Waals surface area contributed by atoms with Crippen molar-refractivity contribution in [3.05, 3.63) is 91.5 Å². The van der Waals surface area contributed by atoms with Gasteiger partial charge in [-0.15, -0.1) is 0 Å². The molecule has 8 N–H and O–H groups in total. The van der Waals surface area contributed by atoms with Crippen molar-refractivity contribution in [2.75, 3.05) is 0 Å². The molecule has 4 aromatic rings. The van der Waals surface area contributed by atoms with E-state index >= 15 is 0 Å². The number of phenolic OH excluding ortho intramolecular Hbond substituents is 8. The molecular formula is C53H77N3O8. The third-order valence-corrected chi connectivity index (χ3v) is 14.2. The minimum atomic E-state index is -0.712. The van der Waals surface area contributed by atoms with E-state index in [2.05, 4.69) is 97.8 Å². The Morgan fingerprint density at radius 3 is 0.672 bits per heavy atom. The van der Waals surface area contributed by atoms with Gasteiger partial charge < -0.3 is 40.9 Å². The summed E-state index contributed by atoms with van der Waals surface area (Å²) in [6.07, 6.45) is 0. The van der Waals surface area contributed by atoms with E-state index in [0.29, 0.717) is 61.2 Å². The van der Waals surface area contributed by atoms with Gasteiger partial charge in [0, 0.05) is 130 Å². The highest BCUT2D eigenvalue weighted by atomic mass is 16.3. The molecule has 0 saturated heterocycles. The first-order valence-electron chi connectivity index (χ1n) is 23.3. The normalized spacial score (nSPS) is 18.1. The molecule has 5 rings (SSSR count). The fourth-order valence-corrected chi connectivity index (χ4v) is 10.1. The topological polar surface area (TPSA) is 172 Å². The van der Waals surface area contributed by atoms with Gasteiger partial charge in [0.1, 0.15) is 46.0 Å². The van der Waals surface area contributed by atoms with Gasteiger partial charge in [0.15, 0.2) is 0 Å². The molecule has 0 spiro atoms. The number of fused-ring (bicyclic) bond motifs is 8. The van der Waals surface area contributed by atoms with E-state index in [1.807, 2.05) is 27.7 Å². The maximum absolute atomic E-state index is 12.5. The molecule has 1 aliphatic rings. The molecule has 0 heterocycles. The summed E-state index contributed by atoms with van der Waals surface area (Å²) < 4.78 is 0. The smallest absolute Gasteiger partial charge is 0.127 e. The van der Waals surface area contributed by atoms with Crippen molar-refractivity contribution in [3.8, 4) is 46.0 Å². The van der Waals surface area contributed by atoms with Gasteiger partial charge in [0.05, 0.1) is 16.7 Å². The summed E-state index contributed by atoms with van der Waals surface area (Å²) in [5, 5.41) is 97.5. The van der Waals surface area contributed by atoms with Gasteiger partial charge in [0.25, 0.3) is 0 Å². The summed E-state index contributed by atoms with van der Waals surface area (Å²) in [5.74, 6) is -3.96. The molecule has 4 unspecified atom stereocenters. The molecule has 11 nitrogen and oxygen atoms in total. The third kappa shape index (κ3) is 9.31. The minimum absolute atomic E-state index is 0.0476. The van der Waals surface area contributed by atoms with Gasteiger partial charge in [-0.2, -0.15) is 0 Å². The van der Waals surface area contributed by atoms with Crippen molar-refractivity contribution in [2.45, 2.75) is 190 Å². The number of rotatable bonds is 12. The van der Waals surface area contributed by atoms with Crippen molar-refractivity contribution < 1.29 is 40.9 Å². The van der Waals surface area contributed by atoms with E-state index in [1.54, 1.807) is 24.3 Å². The molecule has 4 aromatic carbocycles. The van der Waals surface area contributed by atoms with E-state index in [-0.39, 0.29) is 102 Å². The van der Waals surface area contributed by atoms with Crippen LogP contribution in [-0.2, 0) is 19.6 Å². The molecule has 352 valence electrons. The van der Waals surface area contributed by atoms with Crippen LogP contribution in [0.1, 0.15) is 196 Å². The summed E-state index contributed by atoms with van der Waals surface area (Å²) in [7, 11) is 0. The van der Waals surface area contributed by atoms with E-state index in [9.17, 15) is 40.9 Å². The first-order chi connectivity index (χ1) is 29.7. The van der Waals surface area contributed by atoms with Crippen LogP contribution >= 0.6 is 0 Å². The molecule has 0 fully saturated rings. The number of hydrogen-bond donors (Lipinski definition) is 8. The van der Waals surface area contributed by atoms with Crippen LogP contribution in [0.25, 0.3) is 0 Å². The number of benzene rings is 4. The van der Waals surface area contributed by atoms with Crippen LogP contribution in [0, 0.1) is 0 Å². The Morgan fingerprint density at radius 1 is 0.312 bits per heavy atom. The van der Waals surface area contributed by atoms with Crippen molar-refractivity contribution >= 4 is 0 Å². The molecule has 64 heavy (non-hydrogen) atoms. The highest BCUT2D eigenvalue weighted by Crippen LogP contribution is 2.53. The fraction of sp³-hybridized carbons (Fsp3) is 0.547. The zero-order valence-corrected chi connectivity index (χ0v) is 41.2. The maximum atomic E-state index is 12.5. The summed E-state index contributed by atoms with van der Waals surface area (Å²) in [6.45, 7) is 32.7. The number of aromatic hydroxyl groups is 8. The second kappa shape index (κ2) is 19.3. The van der Waals surface area contributed by atoms with Gasteiger partial charge in [0.2, 0.25) is 0 Å². The quantitative estimate of drug-likeness (QED) is 0.0681. The van der Waals surface area contributed by atoms with Gasteiger partial charge in [-0.3, -0.25) is 14.7 Å². The summed E-state index contributed by atoms with van der Waals surface area (Å²) >= 11 is 0. The standard InChI is InChI=1S/C53H77N3O8/c1-25(2)54(26(3)4)22-43-48(59)37-18-39(50(43)61)33(15)41-20-42(53(64)45(52(41)63)24-56(29(9)10)30(11)12)34(16)40-19-38(32(14)36-17-35(31(37)13)46(57)21-47(36)58)49(60)44(51(40)62)23-55(27(5)6)28(7)8/h17-21,25-34,57-64H,22-24H2,1-16H3. The van der Waals surface area contributed by atoms with Crippen LogP contribution in [0.5, 0.6) is 46.0 Å². The Kier molecular flexibility index (Phi) is 15.1. The number of hydrogen-bond acceptors (Lipinski definition) is 11. The average molecular weight is 884 g/mol. The highest BCUT2D eigenvalue weighted by Gasteiger charge is 2.35. The molecule has 0 aromatic heterocycles. The van der Waals surface area contributed by atoms with Crippen LogP contribution in [0.15, 0.2) is 30.3 Å². The lowest BCUT2D eigenvalue weighted by Gasteiger charge is -2.34. The first-order valence-corrected chi connectivity index (χ1v) is 23.3. The Hall–Kier alpha value is -4.84. The van der Waals surface area contributed by atoms with Crippen LogP contribution in [0.2, 0.25) is 0 Å². The van der Waals surface area contributed by atoms with Crippen LogP contribution in [-0.4, -0.2) is 91.8 Å². The molecule has 11 heteroatoms. The molecule has 1 aliphatic carbocycles. The van der Waals surface area contributed by atoms with Crippen LogP contribution in [0.3, 0.4) is 0 Å². The van der Waals surface area contributed by atoms with Crippen LogP contribution in [0.4, 0.5) is 0 Å². The van der Waals surface area contributed by atoms with E-state index in [0.717, 1.165) is 0 Å². The van der Waals surface area contributed by atoms with Crippen molar-refractivity contribution in [1.29, 1.82) is 0 Å². The van der Waals surface area contributed by atoms with Crippen molar-refractivity contribution in [1.82, 2.24) is 14.7 Å². The Bertz CT molecular complexity index is 2170. The molecule has 0 radical (unpaired) electrons. The second-order valence-electron chi connectivity index (χ2n) is 20.1. The molecule has 4 atom stereocenters. The van der Waals surface area contributed by atoms with Gasteiger partial charge in [-0.1, -0.05) is 27.7 Å². The predicted molar refractivity (Wildman–Crippen MR) is 257 cm³/mol. The molecule has 0 amide bonds. The monoisotopic (exact) mass is 884 g/mol. The van der Waals surface area contributed by atoms with Gasteiger partial charge in [-0.25, -0.2) is 0 Å². The highest BCUT2D eigenvalue weighted by molar-refractivity contribution is 5.66. The largest absolute Gasteiger partial charge is 0.508 e. The predicted octanol–water partition coefficient (Wildman–Crippen LogP) is 11.1. The number of nitrogens with zero attached hydrogens (tertiary/aromatic N) is 3. The minimum Gasteiger partial charge on any atom is -0.508 e. The van der Waals surface area contributed by atoms with Gasteiger partial charge in [-0.05, 0) is 107 Å². The second-order valence-corrected chi connectivity index (χ2v) is 20.1. The first kappa shape index (κ1) is 50.2. The molecule has 0 aliphatic heterocycles.